The average Bonchev–Trinajstić information content (AvgIpc) is 3.08. The Balaban J connectivity index is 1.72. The van der Waals surface area contributed by atoms with E-state index in [2.05, 4.69) is 36.6 Å². The summed E-state index contributed by atoms with van der Waals surface area (Å²) in [6.07, 6.45) is 0.280. The molecule has 2 amide bonds. The molecule has 5 heteroatoms. The van der Waals surface area contributed by atoms with Crippen molar-refractivity contribution in [2.45, 2.75) is 25.7 Å². The van der Waals surface area contributed by atoms with Gasteiger partial charge in [0.05, 0.1) is 4.88 Å². The smallest absolute Gasteiger partial charge is 0.261 e. The van der Waals surface area contributed by atoms with Crippen molar-refractivity contribution in [3.8, 4) is 0 Å². The van der Waals surface area contributed by atoms with E-state index in [1.165, 1.54) is 16.9 Å². The second-order valence-electron chi connectivity index (χ2n) is 6.01. The van der Waals surface area contributed by atoms with Crippen LogP contribution in [0.5, 0.6) is 0 Å². The fraction of sp³-hybridized carbons (Fsp3) is 0.333. The molecule has 0 aliphatic rings. The number of nitrogens with one attached hydrogen (secondary N) is 2. The molecule has 0 fully saturated rings. The van der Waals surface area contributed by atoms with Crippen LogP contribution in [0.3, 0.4) is 0 Å². The number of rotatable bonds is 7. The summed E-state index contributed by atoms with van der Waals surface area (Å²) in [5, 5.41) is 7.55. The Morgan fingerprint density at radius 1 is 1.04 bits per heavy atom. The minimum absolute atomic E-state index is 0.0551. The van der Waals surface area contributed by atoms with Crippen LogP contribution in [0.4, 0.5) is 0 Å². The van der Waals surface area contributed by atoms with Crippen LogP contribution in [0.1, 0.15) is 35.5 Å². The van der Waals surface area contributed by atoms with E-state index in [0.29, 0.717) is 18.0 Å². The van der Waals surface area contributed by atoms with Crippen LogP contribution in [0.15, 0.2) is 47.8 Å². The van der Waals surface area contributed by atoms with Crippen molar-refractivity contribution in [1.29, 1.82) is 0 Å². The Hall–Kier alpha value is -2.14. The predicted molar refractivity (Wildman–Crippen MR) is 93.7 cm³/mol. The molecular weight excluding hydrogens is 308 g/mol. The molecule has 0 aliphatic heterocycles. The van der Waals surface area contributed by atoms with Crippen molar-refractivity contribution in [1.82, 2.24) is 10.6 Å². The van der Waals surface area contributed by atoms with Gasteiger partial charge in [-0.15, -0.1) is 11.3 Å². The fourth-order valence-electron chi connectivity index (χ4n) is 2.18. The molecule has 23 heavy (non-hydrogen) atoms. The van der Waals surface area contributed by atoms with E-state index in [9.17, 15) is 9.59 Å². The molecule has 122 valence electrons. The maximum Gasteiger partial charge on any atom is 0.261 e. The summed E-state index contributed by atoms with van der Waals surface area (Å²) in [6.45, 7) is 5.10. The maximum absolute atomic E-state index is 11.9. The zero-order valence-corrected chi connectivity index (χ0v) is 14.3. The molecule has 2 rings (SSSR count). The Morgan fingerprint density at radius 2 is 1.78 bits per heavy atom. The highest BCUT2D eigenvalue weighted by molar-refractivity contribution is 7.12. The standard InChI is InChI=1S/C18H22N2O2S/c1-18(2,14-7-4-3-5-8-14)13-20-16(21)10-11-19-17(22)15-9-6-12-23-15/h3-9,12H,10-11,13H2,1-2H3,(H,19,22)(H,20,21). The van der Waals surface area contributed by atoms with Gasteiger partial charge in [0.25, 0.3) is 5.91 Å². The van der Waals surface area contributed by atoms with Crippen molar-refractivity contribution in [3.05, 3.63) is 58.3 Å². The second kappa shape index (κ2) is 7.92. The van der Waals surface area contributed by atoms with Gasteiger partial charge < -0.3 is 10.6 Å². The van der Waals surface area contributed by atoms with E-state index >= 15 is 0 Å². The lowest BCUT2D eigenvalue weighted by Gasteiger charge is -2.25. The second-order valence-corrected chi connectivity index (χ2v) is 6.96. The lowest BCUT2D eigenvalue weighted by atomic mass is 9.84. The monoisotopic (exact) mass is 330 g/mol. The van der Waals surface area contributed by atoms with E-state index in [-0.39, 0.29) is 23.7 Å². The summed E-state index contributed by atoms with van der Waals surface area (Å²) in [4.78, 5) is 24.3. The summed E-state index contributed by atoms with van der Waals surface area (Å²) in [7, 11) is 0. The van der Waals surface area contributed by atoms with Crippen molar-refractivity contribution < 1.29 is 9.59 Å². The van der Waals surface area contributed by atoms with Crippen molar-refractivity contribution in [3.63, 3.8) is 0 Å². The Labute approximate surface area is 140 Å². The molecule has 2 aromatic rings. The van der Waals surface area contributed by atoms with Gasteiger partial charge in [-0.05, 0) is 17.0 Å². The van der Waals surface area contributed by atoms with E-state index in [4.69, 9.17) is 0 Å². The highest BCUT2D eigenvalue weighted by atomic mass is 32.1. The molecule has 0 spiro atoms. The number of carbonyl (C=O) groups excluding carboxylic acids is 2. The number of hydrogen-bond acceptors (Lipinski definition) is 3. The van der Waals surface area contributed by atoms with Gasteiger partial charge in [-0.1, -0.05) is 50.2 Å². The van der Waals surface area contributed by atoms with Crippen LogP contribution in [0, 0.1) is 0 Å². The minimum Gasteiger partial charge on any atom is -0.355 e. The number of benzene rings is 1. The van der Waals surface area contributed by atoms with Gasteiger partial charge in [0, 0.05) is 24.9 Å². The molecule has 0 unspecified atom stereocenters. The first-order chi connectivity index (χ1) is 11.0. The van der Waals surface area contributed by atoms with Crippen molar-refractivity contribution in [2.24, 2.45) is 0 Å². The fourth-order valence-corrected chi connectivity index (χ4v) is 2.82. The average molecular weight is 330 g/mol. The van der Waals surface area contributed by atoms with Gasteiger partial charge in [0.1, 0.15) is 0 Å². The first kappa shape index (κ1) is 17.2. The molecule has 2 N–H and O–H groups in total. The normalized spacial score (nSPS) is 11.0. The van der Waals surface area contributed by atoms with Crippen molar-refractivity contribution in [2.75, 3.05) is 13.1 Å². The lowest BCUT2D eigenvalue weighted by Crippen LogP contribution is -2.38. The van der Waals surface area contributed by atoms with Gasteiger partial charge in [-0.3, -0.25) is 9.59 Å². The predicted octanol–water partition coefficient (Wildman–Crippen LogP) is 2.96. The summed E-state index contributed by atoms with van der Waals surface area (Å²) in [5.74, 6) is -0.182. The SMILES string of the molecule is CC(C)(CNC(=O)CCNC(=O)c1cccs1)c1ccccc1. The third kappa shape index (κ3) is 5.21. The van der Waals surface area contributed by atoms with E-state index in [1.807, 2.05) is 29.6 Å². The van der Waals surface area contributed by atoms with Crippen LogP contribution in [-0.2, 0) is 10.2 Å². The summed E-state index contributed by atoms with van der Waals surface area (Å²) in [6, 6.07) is 13.7. The van der Waals surface area contributed by atoms with Crippen LogP contribution in [0.25, 0.3) is 0 Å². The van der Waals surface area contributed by atoms with Gasteiger partial charge >= 0.3 is 0 Å². The Morgan fingerprint density at radius 3 is 2.43 bits per heavy atom. The molecule has 0 radical (unpaired) electrons. The summed E-state index contributed by atoms with van der Waals surface area (Å²) in [5.41, 5.74) is 1.06. The van der Waals surface area contributed by atoms with Crippen molar-refractivity contribution >= 4 is 23.2 Å². The molecule has 0 saturated carbocycles. The number of hydrogen-bond donors (Lipinski definition) is 2. The molecule has 0 aliphatic carbocycles. The van der Waals surface area contributed by atoms with Gasteiger partial charge in [0.15, 0.2) is 0 Å². The molecule has 0 saturated heterocycles. The van der Waals surface area contributed by atoms with E-state index in [1.54, 1.807) is 6.07 Å². The zero-order valence-electron chi connectivity index (χ0n) is 13.5. The van der Waals surface area contributed by atoms with Crippen LogP contribution >= 0.6 is 11.3 Å². The highest BCUT2D eigenvalue weighted by Crippen LogP contribution is 2.21. The number of carbonyl (C=O) groups is 2. The number of thiophene rings is 1. The summed E-state index contributed by atoms with van der Waals surface area (Å²) < 4.78 is 0. The minimum atomic E-state index is -0.128. The molecule has 1 aromatic heterocycles. The molecule has 0 atom stereocenters. The van der Waals surface area contributed by atoms with Crippen LogP contribution < -0.4 is 10.6 Å². The largest absolute Gasteiger partial charge is 0.355 e. The third-order valence-corrected chi connectivity index (χ3v) is 4.53. The van der Waals surface area contributed by atoms with Crippen LogP contribution in [0.2, 0.25) is 0 Å². The van der Waals surface area contributed by atoms with E-state index in [0.717, 1.165) is 0 Å². The van der Waals surface area contributed by atoms with Gasteiger partial charge in [-0.25, -0.2) is 0 Å². The highest BCUT2D eigenvalue weighted by Gasteiger charge is 2.20. The first-order valence-corrected chi connectivity index (χ1v) is 8.51. The zero-order chi connectivity index (χ0) is 16.7. The van der Waals surface area contributed by atoms with E-state index < -0.39 is 0 Å². The molecule has 1 heterocycles. The third-order valence-electron chi connectivity index (χ3n) is 3.67. The maximum atomic E-state index is 11.9. The number of amides is 2. The molecule has 1 aromatic carbocycles. The topological polar surface area (TPSA) is 58.2 Å². The molecule has 4 nitrogen and oxygen atoms in total. The first-order valence-electron chi connectivity index (χ1n) is 7.63. The Bertz CT molecular complexity index is 636. The van der Waals surface area contributed by atoms with Crippen LogP contribution in [-0.4, -0.2) is 24.9 Å². The molecule has 0 bridgehead atoms. The quantitative estimate of drug-likeness (QED) is 0.820. The molecular formula is C18H22N2O2S. The summed E-state index contributed by atoms with van der Waals surface area (Å²) >= 11 is 1.39. The van der Waals surface area contributed by atoms with Gasteiger partial charge in [-0.2, -0.15) is 0 Å². The Kier molecular flexibility index (Phi) is 5.93. The lowest BCUT2D eigenvalue weighted by molar-refractivity contribution is -0.121. The van der Waals surface area contributed by atoms with Gasteiger partial charge in [0.2, 0.25) is 5.91 Å².